The summed E-state index contributed by atoms with van der Waals surface area (Å²) < 4.78 is 0.627. The molecule has 0 atom stereocenters. The molecule has 0 heterocycles. The summed E-state index contributed by atoms with van der Waals surface area (Å²) in [4.78, 5) is 37.4. The third-order valence-corrected chi connectivity index (χ3v) is 6.81. The first kappa shape index (κ1) is 25.7. The van der Waals surface area contributed by atoms with E-state index in [1.165, 1.54) is 0 Å². The quantitative estimate of drug-likeness (QED) is 0.155. The molecular formula is C15H18I3N3O7. The maximum absolute atomic E-state index is 12.7. The molecule has 0 aliphatic heterocycles. The van der Waals surface area contributed by atoms with Crippen LogP contribution in [0.1, 0.15) is 31.1 Å². The number of carbonyl (C=O) groups is 3. The van der Waals surface area contributed by atoms with Gasteiger partial charge in [-0.15, -0.1) is 0 Å². The van der Waals surface area contributed by atoms with Gasteiger partial charge < -0.3 is 36.8 Å². The summed E-state index contributed by atoms with van der Waals surface area (Å²) >= 11 is 5.30. The van der Waals surface area contributed by atoms with E-state index in [9.17, 15) is 34.8 Å². The van der Waals surface area contributed by atoms with Crippen LogP contribution in [0.3, 0.4) is 0 Å². The van der Waals surface area contributed by atoms with Gasteiger partial charge >= 0.3 is 0 Å². The smallest absolute Gasteiger partial charge is 0.253 e. The van der Waals surface area contributed by atoms with Crippen LogP contribution in [0.15, 0.2) is 0 Å². The van der Waals surface area contributed by atoms with Crippen LogP contribution >= 0.6 is 67.8 Å². The fourth-order valence-corrected chi connectivity index (χ4v) is 6.77. The second-order valence-electron chi connectivity index (χ2n) is 5.50. The predicted octanol–water partition coefficient (Wildman–Crippen LogP) is -1.23. The largest absolute Gasteiger partial charge is 0.394 e. The minimum absolute atomic E-state index is 0.0167. The monoisotopic (exact) mass is 733 g/mol. The Morgan fingerprint density at radius 3 is 1.25 bits per heavy atom. The Bertz CT molecular complexity index is 715. The average Bonchev–Trinajstić information content (AvgIpc) is 2.63. The van der Waals surface area contributed by atoms with Gasteiger partial charge in [0.15, 0.2) is 0 Å². The molecule has 156 valence electrons. The first-order valence-electron chi connectivity index (χ1n) is 7.69. The molecular weight excluding hydrogens is 715 g/mol. The number of amides is 3. The fraction of sp³-hybridized carbons (Fsp3) is 0.400. The van der Waals surface area contributed by atoms with E-state index in [1.807, 2.05) is 0 Å². The average molecular weight is 733 g/mol. The van der Waals surface area contributed by atoms with Gasteiger partial charge in [0.25, 0.3) is 17.7 Å². The van der Waals surface area contributed by atoms with Gasteiger partial charge in [-0.1, -0.05) is 0 Å². The van der Waals surface area contributed by atoms with Gasteiger partial charge in [-0.2, -0.15) is 0 Å². The number of rotatable bonds is 9. The van der Waals surface area contributed by atoms with E-state index < -0.39 is 56.2 Å². The Labute approximate surface area is 201 Å². The summed E-state index contributed by atoms with van der Waals surface area (Å²) in [7, 11) is 0. The van der Waals surface area contributed by atoms with Crippen LogP contribution in [-0.4, -0.2) is 76.7 Å². The summed E-state index contributed by atoms with van der Waals surface area (Å²) in [6.07, 6.45) is 0. The van der Waals surface area contributed by atoms with Crippen molar-refractivity contribution in [1.82, 2.24) is 10.6 Å². The van der Waals surface area contributed by atoms with Crippen LogP contribution in [0, 0.1) is 10.7 Å². The van der Waals surface area contributed by atoms with Crippen LogP contribution in [0.2, 0.25) is 0 Å². The number of hydrogen-bond donors (Lipinski definition) is 7. The van der Waals surface area contributed by atoms with Crippen molar-refractivity contribution in [1.29, 1.82) is 0 Å². The fourth-order valence-electron chi connectivity index (χ4n) is 2.09. The highest BCUT2D eigenvalue weighted by Gasteiger charge is 2.30. The van der Waals surface area contributed by atoms with Crippen LogP contribution in [0.4, 0.5) is 0 Å². The van der Waals surface area contributed by atoms with Crippen molar-refractivity contribution in [3.05, 3.63) is 27.4 Å². The predicted molar refractivity (Wildman–Crippen MR) is 124 cm³/mol. The van der Waals surface area contributed by atoms with Crippen molar-refractivity contribution in [2.45, 2.75) is 12.1 Å². The third-order valence-electron chi connectivity index (χ3n) is 3.57. The van der Waals surface area contributed by atoms with Gasteiger partial charge in [-0.25, -0.2) is 0 Å². The Morgan fingerprint density at radius 1 is 0.714 bits per heavy atom. The molecule has 0 aliphatic carbocycles. The van der Waals surface area contributed by atoms with Gasteiger partial charge in [0, 0.05) is 10.7 Å². The summed E-state index contributed by atoms with van der Waals surface area (Å²) in [5, 5.41) is 41.5. The highest BCUT2D eigenvalue weighted by molar-refractivity contribution is 14.1. The first-order chi connectivity index (χ1) is 13.1. The molecule has 0 fully saturated rings. The number of primary amides is 1. The van der Waals surface area contributed by atoms with Crippen molar-refractivity contribution in [2.75, 3.05) is 26.4 Å². The first-order valence-corrected chi connectivity index (χ1v) is 10.9. The minimum atomic E-state index is -0.930. The maximum Gasteiger partial charge on any atom is 0.253 e. The molecule has 0 radical (unpaired) electrons. The number of carbonyl (C=O) groups excluding carboxylic acids is 3. The van der Waals surface area contributed by atoms with Gasteiger partial charge in [-0.3, -0.25) is 14.4 Å². The number of aliphatic hydroxyl groups excluding tert-OH is 4. The second-order valence-corrected chi connectivity index (χ2v) is 8.74. The summed E-state index contributed by atoms with van der Waals surface area (Å²) in [6, 6.07) is -1.86. The van der Waals surface area contributed by atoms with Gasteiger partial charge in [-0.05, 0) is 67.8 Å². The number of benzene rings is 1. The lowest BCUT2D eigenvalue weighted by molar-refractivity contribution is 0.0874. The molecule has 1 aromatic carbocycles. The van der Waals surface area contributed by atoms with E-state index in [2.05, 4.69) is 10.6 Å². The Kier molecular flexibility index (Phi) is 10.8. The van der Waals surface area contributed by atoms with E-state index in [0.717, 1.165) is 0 Å². The van der Waals surface area contributed by atoms with Crippen molar-refractivity contribution < 1.29 is 34.8 Å². The standard InChI is InChI=1S/C15H18I3N3O7/c16-10-7(13(19)26)11(17)9(15(28)21-6(3-24)4-25)12(18)8(10)14(27)20-5(1-22)2-23/h5-6,22-25H,1-4H2,(H2,19,26)(H,20,27)(H,21,28). The topological polar surface area (TPSA) is 182 Å². The lowest BCUT2D eigenvalue weighted by atomic mass is 10.0. The highest BCUT2D eigenvalue weighted by Crippen LogP contribution is 2.32. The van der Waals surface area contributed by atoms with Crippen molar-refractivity contribution in [3.8, 4) is 0 Å². The molecule has 0 spiro atoms. The molecule has 1 rings (SSSR count). The zero-order valence-corrected chi connectivity index (χ0v) is 20.7. The molecule has 0 aliphatic rings. The lowest BCUT2D eigenvalue weighted by Crippen LogP contribution is -2.43. The number of halogens is 3. The van der Waals surface area contributed by atoms with Gasteiger partial charge in [0.2, 0.25) is 0 Å². The zero-order valence-electron chi connectivity index (χ0n) is 14.2. The number of hydrogen-bond acceptors (Lipinski definition) is 7. The number of nitrogens with one attached hydrogen (secondary N) is 2. The Balaban J connectivity index is 3.61. The second kappa shape index (κ2) is 11.7. The van der Waals surface area contributed by atoms with Gasteiger partial charge in [0.1, 0.15) is 0 Å². The van der Waals surface area contributed by atoms with Crippen LogP contribution in [0.5, 0.6) is 0 Å². The summed E-state index contributed by atoms with van der Waals surface area (Å²) in [5.74, 6) is -2.28. The molecule has 13 heteroatoms. The summed E-state index contributed by atoms with van der Waals surface area (Å²) in [5.41, 5.74) is 5.37. The summed E-state index contributed by atoms with van der Waals surface area (Å²) in [6.45, 7) is -2.04. The molecule has 3 amide bonds. The SMILES string of the molecule is NC(=O)c1c(I)c(C(=O)NC(CO)CO)c(I)c(C(=O)NC(CO)CO)c1I. The van der Waals surface area contributed by atoms with Crippen LogP contribution in [-0.2, 0) is 0 Å². The minimum Gasteiger partial charge on any atom is -0.394 e. The molecule has 0 unspecified atom stereocenters. The third kappa shape index (κ3) is 5.85. The van der Waals surface area contributed by atoms with Crippen molar-refractivity contribution in [2.24, 2.45) is 5.73 Å². The van der Waals surface area contributed by atoms with Gasteiger partial charge in [0.05, 0.1) is 55.2 Å². The van der Waals surface area contributed by atoms with E-state index in [1.54, 1.807) is 67.8 Å². The zero-order chi connectivity index (χ0) is 21.6. The molecule has 1 aromatic rings. The van der Waals surface area contributed by atoms with E-state index in [-0.39, 0.29) is 27.4 Å². The maximum atomic E-state index is 12.7. The van der Waals surface area contributed by atoms with E-state index in [4.69, 9.17) is 5.73 Å². The number of aliphatic hydroxyl groups is 4. The van der Waals surface area contributed by atoms with E-state index in [0.29, 0.717) is 0 Å². The molecule has 0 saturated carbocycles. The van der Waals surface area contributed by atoms with Crippen LogP contribution < -0.4 is 16.4 Å². The van der Waals surface area contributed by atoms with Crippen LogP contribution in [0.25, 0.3) is 0 Å². The van der Waals surface area contributed by atoms with E-state index >= 15 is 0 Å². The normalized spacial score (nSPS) is 11.0. The molecule has 8 N–H and O–H groups in total. The molecule has 0 bridgehead atoms. The lowest BCUT2D eigenvalue weighted by Gasteiger charge is -2.21. The molecule has 0 saturated heterocycles. The molecule has 10 nitrogen and oxygen atoms in total. The van der Waals surface area contributed by atoms with Crippen molar-refractivity contribution >= 4 is 85.5 Å². The number of nitrogens with two attached hydrogens (primary N) is 1. The molecule has 0 aromatic heterocycles. The highest BCUT2D eigenvalue weighted by atomic mass is 127. The molecule has 28 heavy (non-hydrogen) atoms. The van der Waals surface area contributed by atoms with Crippen molar-refractivity contribution in [3.63, 3.8) is 0 Å². The Morgan fingerprint density at radius 2 is 1.00 bits per heavy atom. The Hall–Kier alpha value is -0.340.